The molecule has 44 heavy (non-hydrogen) atoms. The fourth-order valence-corrected chi connectivity index (χ4v) is 10.2. The maximum absolute atomic E-state index is 14.6. The van der Waals surface area contributed by atoms with Gasteiger partial charge in [0.25, 0.3) is 11.8 Å². The fourth-order valence-electron chi connectivity index (χ4n) is 6.48. The van der Waals surface area contributed by atoms with E-state index in [4.69, 9.17) is 33.3 Å². The summed E-state index contributed by atoms with van der Waals surface area (Å²) in [5.74, 6) is -1.39. The Morgan fingerprint density at radius 1 is 1.02 bits per heavy atom. The smallest absolute Gasteiger partial charge is 0.305 e. The highest BCUT2D eigenvalue weighted by Gasteiger charge is 2.53. The number of carbonyl (C=O) groups excluding carboxylic acids is 2. The molecule has 0 aromatic heterocycles. The first-order valence-electron chi connectivity index (χ1n) is 15.5. The van der Waals surface area contributed by atoms with Gasteiger partial charge in [0.05, 0.1) is 12.5 Å². The Kier molecular flexibility index (Phi) is 10.5. The van der Waals surface area contributed by atoms with Gasteiger partial charge in [0, 0.05) is 43.9 Å². The number of hydrogen-bond acceptors (Lipinski definition) is 4. The van der Waals surface area contributed by atoms with Gasteiger partial charge in [0.1, 0.15) is 11.4 Å². The number of benzene rings is 2. The quantitative estimate of drug-likeness (QED) is 0.235. The monoisotopic (exact) mass is 673 g/mol. The topological polar surface area (TPSA) is 99.1 Å². The minimum Gasteiger partial charge on any atom is -0.481 e. The lowest BCUT2D eigenvalue weighted by molar-refractivity contribution is -0.137. The van der Waals surface area contributed by atoms with Gasteiger partial charge in [-0.05, 0) is 73.5 Å². The largest absolute Gasteiger partial charge is 0.481 e. The molecule has 1 heterocycles. The molecule has 0 saturated heterocycles. The van der Waals surface area contributed by atoms with Crippen LogP contribution < -0.4 is 5.32 Å². The van der Waals surface area contributed by atoms with Crippen LogP contribution in [0.3, 0.4) is 0 Å². The Morgan fingerprint density at radius 2 is 1.61 bits per heavy atom. The van der Waals surface area contributed by atoms with Crippen LogP contribution in [0, 0.1) is 0 Å². The summed E-state index contributed by atoms with van der Waals surface area (Å²) in [6, 6.07) is 13.4. The molecule has 1 aliphatic heterocycles. The van der Waals surface area contributed by atoms with Crippen LogP contribution in [0.1, 0.15) is 66.1 Å². The number of nitrogens with zero attached hydrogens (tertiary/aromatic N) is 2. The molecule has 1 aliphatic carbocycles. The second-order valence-corrected chi connectivity index (χ2v) is 26.6. The highest BCUT2D eigenvalue weighted by molar-refractivity contribution is 6.77. The Labute approximate surface area is 273 Å². The fraction of sp³-hybridized carbons (Fsp3) is 0.515. The zero-order valence-corrected chi connectivity index (χ0v) is 30.2. The van der Waals surface area contributed by atoms with E-state index in [0.29, 0.717) is 32.4 Å². The van der Waals surface area contributed by atoms with Gasteiger partial charge >= 0.3 is 5.97 Å². The van der Waals surface area contributed by atoms with E-state index in [-0.39, 0.29) is 30.8 Å². The maximum atomic E-state index is 14.6. The highest BCUT2D eigenvalue weighted by Crippen LogP contribution is 2.50. The predicted molar refractivity (Wildman–Crippen MR) is 185 cm³/mol. The summed E-state index contributed by atoms with van der Waals surface area (Å²) in [6.07, 6.45) is 4.33. The van der Waals surface area contributed by atoms with Gasteiger partial charge < -0.3 is 15.3 Å². The van der Waals surface area contributed by atoms with Gasteiger partial charge in [-0.15, -0.1) is 0 Å². The SMILES string of the molecule is C[Si](C)(C)CC[C@H](c1ccc(C(=O)NCCC(=O)O)cc1)N1C(=O)C(c2cc(Cl)cc(Cl)c2)=NC12CCC([Si](C)(C)C)CC2. The van der Waals surface area contributed by atoms with Crippen LogP contribution in [0.4, 0.5) is 0 Å². The van der Waals surface area contributed by atoms with Crippen LogP contribution in [0.5, 0.6) is 0 Å². The number of aliphatic imine (C=N–C) groups is 1. The molecule has 1 saturated carbocycles. The maximum Gasteiger partial charge on any atom is 0.305 e. The standard InChI is InChI=1S/C33H45Cl2N3O4Si2/c1-43(2,3)18-14-28(22-7-9-23(10-8-22)31(41)36-17-13-29(39)40)38-32(42)30(24-19-25(34)21-26(35)20-24)37-33(38)15-11-27(12-16-33)44(4,5)6/h7-10,19-21,27-28H,11-18H2,1-6H3,(H,36,41)(H,39,40)/t27?,28-,33?/m1/s1. The number of carboxylic acids is 1. The van der Waals surface area contributed by atoms with E-state index in [1.54, 1.807) is 30.3 Å². The molecule has 1 spiro atoms. The number of aliphatic carboxylic acids is 1. The van der Waals surface area contributed by atoms with Crippen molar-refractivity contribution in [2.75, 3.05) is 6.54 Å². The normalized spacial score (nSPS) is 21.4. The predicted octanol–water partition coefficient (Wildman–Crippen LogP) is 8.28. The van der Waals surface area contributed by atoms with Gasteiger partial charge in [0.2, 0.25) is 0 Å². The lowest BCUT2D eigenvalue weighted by atomic mass is 9.86. The van der Waals surface area contributed by atoms with Crippen LogP contribution in [0.15, 0.2) is 47.5 Å². The Balaban J connectivity index is 1.74. The lowest BCUT2D eigenvalue weighted by Gasteiger charge is -2.47. The van der Waals surface area contributed by atoms with Gasteiger partial charge in [-0.1, -0.05) is 80.7 Å². The molecule has 0 radical (unpaired) electrons. The highest BCUT2D eigenvalue weighted by atomic mass is 35.5. The van der Waals surface area contributed by atoms with Crippen LogP contribution in [0.25, 0.3) is 0 Å². The summed E-state index contributed by atoms with van der Waals surface area (Å²) in [7, 11) is -2.86. The Bertz CT molecular complexity index is 1410. The molecule has 2 aliphatic rings. The average Bonchev–Trinajstić information content (AvgIpc) is 3.19. The first kappa shape index (κ1) is 34.4. The van der Waals surface area contributed by atoms with E-state index in [1.807, 2.05) is 12.1 Å². The number of nitrogens with one attached hydrogen (secondary N) is 1. The van der Waals surface area contributed by atoms with Crippen molar-refractivity contribution in [3.63, 3.8) is 0 Å². The van der Waals surface area contributed by atoms with E-state index in [0.717, 1.165) is 43.7 Å². The van der Waals surface area contributed by atoms with Crippen molar-refractivity contribution >= 4 is 62.8 Å². The second kappa shape index (κ2) is 13.5. The van der Waals surface area contributed by atoms with Crippen molar-refractivity contribution in [3.8, 4) is 0 Å². The first-order chi connectivity index (χ1) is 20.5. The average molecular weight is 675 g/mol. The molecule has 2 amide bonds. The van der Waals surface area contributed by atoms with Crippen LogP contribution in [0.2, 0.25) is 60.9 Å². The summed E-state index contributed by atoms with van der Waals surface area (Å²) in [4.78, 5) is 45.5. The van der Waals surface area contributed by atoms with Crippen molar-refractivity contribution in [1.29, 1.82) is 0 Å². The minimum absolute atomic E-state index is 0.0611. The molecule has 1 atom stereocenters. The molecule has 0 bridgehead atoms. The van der Waals surface area contributed by atoms with Gasteiger partial charge in [-0.3, -0.25) is 19.4 Å². The number of carboxylic acid groups (broad SMARTS) is 1. The van der Waals surface area contributed by atoms with Gasteiger partial charge in [-0.25, -0.2) is 0 Å². The third-order valence-electron chi connectivity index (χ3n) is 9.00. The molecule has 2 N–H and O–H groups in total. The van der Waals surface area contributed by atoms with Crippen molar-refractivity contribution in [1.82, 2.24) is 10.2 Å². The molecule has 1 fully saturated rings. The summed E-state index contributed by atoms with van der Waals surface area (Å²) in [5.41, 5.74) is 2.48. The van der Waals surface area contributed by atoms with E-state index < -0.39 is 27.8 Å². The molecule has 11 heteroatoms. The molecule has 2 aromatic carbocycles. The van der Waals surface area contributed by atoms with Crippen molar-refractivity contribution < 1.29 is 19.5 Å². The summed E-state index contributed by atoms with van der Waals surface area (Å²) >= 11 is 12.8. The molecule has 4 rings (SSSR count). The third-order valence-corrected chi connectivity index (χ3v) is 14.3. The summed E-state index contributed by atoms with van der Waals surface area (Å²) in [6.45, 7) is 14.3. The van der Waals surface area contributed by atoms with E-state index in [1.165, 1.54) is 0 Å². The number of carbonyl (C=O) groups is 3. The number of hydrogen-bond donors (Lipinski definition) is 2. The zero-order chi connectivity index (χ0) is 32.4. The Hall–Kier alpha value is -2.47. The third kappa shape index (κ3) is 8.21. The van der Waals surface area contributed by atoms with E-state index >= 15 is 0 Å². The Morgan fingerprint density at radius 3 is 2.14 bits per heavy atom. The molecular weight excluding hydrogens is 629 g/mol. The first-order valence-corrected chi connectivity index (χ1v) is 23.5. The van der Waals surface area contributed by atoms with E-state index in [2.05, 4.69) is 49.5 Å². The van der Waals surface area contributed by atoms with Gasteiger partial charge in [0.15, 0.2) is 0 Å². The second-order valence-electron chi connectivity index (χ2n) is 14.6. The van der Waals surface area contributed by atoms with Crippen LogP contribution in [-0.4, -0.2) is 61.9 Å². The molecule has 238 valence electrons. The molecule has 2 aromatic rings. The summed E-state index contributed by atoms with van der Waals surface area (Å²) in [5, 5.41) is 12.5. The van der Waals surface area contributed by atoms with Crippen LogP contribution in [-0.2, 0) is 9.59 Å². The number of rotatable bonds is 11. The van der Waals surface area contributed by atoms with Crippen molar-refractivity contribution in [2.24, 2.45) is 4.99 Å². The summed E-state index contributed by atoms with van der Waals surface area (Å²) < 4.78 is 0. The molecule has 7 nitrogen and oxygen atoms in total. The number of amides is 2. The number of halogens is 2. The molecule has 0 unspecified atom stereocenters. The lowest BCUT2D eigenvalue weighted by Crippen LogP contribution is -2.51. The van der Waals surface area contributed by atoms with Gasteiger partial charge in [-0.2, -0.15) is 0 Å². The minimum atomic E-state index is -1.49. The zero-order valence-electron chi connectivity index (χ0n) is 26.7. The van der Waals surface area contributed by atoms with Crippen molar-refractivity contribution in [3.05, 3.63) is 69.2 Å². The van der Waals surface area contributed by atoms with Crippen LogP contribution >= 0.6 is 23.2 Å². The van der Waals surface area contributed by atoms with E-state index in [9.17, 15) is 14.4 Å². The van der Waals surface area contributed by atoms with Crippen molar-refractivity contribution in [2.45, 2.75) is 101 Å². The molecular formula is C33H45Cl2N3O4Si2.